The fourth-order valence-electron chi connectivity index (χ4n) is 1.17. The van der Waals surface area contributed by atoms with Gasteiger partial charge in [-0.3, -0.25) is 4.79 Å². The average Bonchev–Trinajstić information content (AvgIpc) is 2.79. The van der Waals surface area contributed by atoms with E-state index >= 15 is 0 Å². The summed E-state index contributed by atoms with van der Waals surface area (Å²) < 4.78 is 5.02. The van der Waals surface area contributed by atoms with E-state index in [1.807, 2.05) is 0 Å². The van der Waals surface area contributed by atoms with E-state index in [0.717, 1.165) is 12.8 Å². The largest absolute Gasteiger partial charge is 0.380 e. The van der Waals surface area contributed by atoms with Gasteiger partial charge in [0.1, 0.15) is 0 Å². The minimum Gasteiger partial charge on any atom is -0.380 e. The molecule has 1 atom stereocenters. The van der Waals surface area contributed by atoms with Crippen LogP contribution in [0.1, 0.15) is 26.2 Å². The van der Waals surface area contributed by atoms with Gasteiger partial charge in [0.25, 0.3) is 0 Å². The number of amides is 1. The van der Waals surface area contributed by atoms with E-state index in [-0.39, 0.29) is 17.6 Å². The van der Waals surface area contributed by atoms with Crippen molar-refractivity contribution < 1.29 is 9.53 Å². The Balaban J connectivity index is 2.23. The number of hydrogen-bond donors (Lipinski definition) is 2. The second-order valence-corrected chi connectivity index (χ2v) is 3.91. The first-order valence-electron chi connectivity index (χ1n) is 4.63. The molecule has 0 aromatic heterocycles. The molecule has 76 valence electrons. The Hall–Kier alpha value is -0.610. The Bertz CT molecular complexity index is 186. The topological polar surface area (TPSA) is 64.3 Å². The molecule has 1 amide bonds. The highest BCUT2D eigenvalue weighted by atomic mass is 16.5. The van der Waals surface area contributed by atoms with Crippen molar-refractivity contribution in [3.05, 3.63) is 0 Å². The van der Waals surface area contributed by atoms with E-state index in [9.17, 15) is 4.79 Å². The first kappa shape index (κ1) is 10.5. The van der Waals surface area contributed by atoms with Crippen molar-refractivity contribution in [3.8, 4) is 0 Å². The molecular formula is C9H18N2O2. The van der Waals surface area contributed by atoms with Crippen molar-refractivity contribution in [1.82, 2.24) is 5.32 Å². The van der Waals surface area contributed by atoms with E-state index in [0.29, 0.717) is 13.0 Å². The lowest BCUT2D eigenvalue weighted by atomic mass is 10.2. The molecule has 1 unspecified atom stereocenters. The molecule has 0 aromatic rings. The van der Waals surface area contributed by atoms with Crippen LogP contribution in [0.15, 0.2) is 0 Å². The molecule has 1 saturated carbocycles. The van der Waals surface area contributed by atoms with Crippen LogP contribution in [0.2, 0.25) is 0 Å². The standard InChI is InChI=1S/C9H18N2O2/c1-9(3-4-9)11-8(12)5-7(6-10)13-2/h7H,3-6,10H2,1-2H3,(H,11,12). The SMILES string of the molecule is COC(CN)CC(=O)NC1(C)CC1. The van der Waals surface area contributed by atoms with Gasteiger partial charge >= 0.3 is 0 Å². The van der Waals surface area contributed by atoms with Crippen LogP contribution < -0.4 is 11.1 Å². The van der Waals surface area contributed by atoms with Gasteiger partial charge in [0, 0.05) is 19.2 Å². The molecule has 1 aliphatic carbocycles. The molecule has 1 rings (SSSR count). The molecule has 1 aliphatic rings. The molecule has 0 bridgehead atoms. The van der Waals surface area contributed by atoms with Crippen molar-refractivity contribution in [2.45, 2.75) is 37.8 Å². The summed E-state index contributed by atoms with van der Waals surface area (Å²) in [6.45, 7) is 2.44. The molecular weight excluding hydrogens is 168 g/mol. The van der Waals surface area contributed by atoms with Crippen molar-refractivity contribution in [2.24, 2.45) is 5.73 Å². The Morgan fingerprint density at radius 2 is 2.31 bits per heavy atom. The summed E-state index contributed by atoms with van der Waals surface area (Å²) in [6.07, 6.45) is 2.38. The zero-order valence-corrected chi connectivity index (χ0v) is 8.30. The van der Waals surface area contributed by atoms with Crippen LogP contribution in [-0.4, -0.2) is 31.2 Å². The Morgan fingerprint density at radius 3 is 2.69 bits per heavy atom. The maximum absolute atomic E-state index is 11.4. The highest BCUT2D eigenvalue weighted by Crippen LogP contribution is 2.34. The predicted molar refractivity (Wildman–Crippen MR) is 50.3 cm³/mol. The molecule has 1 fully saturated rings. The van der Waals surface area contributed by atoms with Gasteiger partial charge in [-0.15, -0.1) is 0 Å². The molecule has 3 N–H and O–H groups in total. The van der Waals surface area contributed by atoms with Gasteiger partial charge in [0.2, 0.25) is 5.91 Å². The number of methoxy groups -OCH3 is 1. The minimum absolute atomic E-state index is 0.0392. The number of carbonyl (C=O) groups is 1. The normalized spacial score (nSPS) is 20.8. The van der Waals surface area contributed by atoms with Crippen LogP contribution in [-0.2, 0) is 9.53 Å². The molecule has 0 aromatic carbocycles. The number of rotatable bonds is 5. The van der Waals surface area contributed by atoms with Crippen molar-refractivity contribution >= 4 is 5.91 Å². The van der Waals surface area contributed by atoms with E-state index in [1.165, 1.54) is 0 Å². The Kier molecular flexibility index (Phi) is 3.27. The van der Waals surface area contributed by atoms with Gasteiger partial charge in [-0.1, -0.05) is 0 Å². The highest BCUT2D eigenvalue weighted by Gasteiger charge is 2.38. The summed E-state index contributed by atoms with van der Waals surface area (Å²) in [5.41, 5.74) is 5.47. The summed E-state index contributed by atoms with van der Waals surface area (Å²) in [4.78, 5) is 11.4. The van der Waals surface area contributed by atoms with Crippen LogP contribution in [0, 0.1) is 0 Å². The van der Waals surface area contributed by atoms with Gasteiger partial charge in [0.15, 0.2) is 0 Å². The van der Waals surface area contributed by atoms with Gasteiger partial charge in [0.05, 0.1) is 12.5 Å². The predicted octanol–water partition coefficient (Wildman–Crippen LogP) is 0.0189. The Morgan fingerprint density at radius 1 is 1.69 bits per heavy atom. The number of nitrogens with two attached hydrogens (primary N) is 1. The molecule has 4 nitrogen and oxygen atoms in total. The second-order valence-electron chi connectivity index (χ2n) is 3.91. The van der Waals surface area contributed by atoms with Crippen LogP contribution in [0.3, 0.4) is 0 Å². The van der Waals surface area contributed by atoms with E-state index in [2.05, 4.69) is 12.2 Å². The third kappa shape index (κ3) is 3.32. The highest BCUT2D eigenvalue weighted by molar-refractivity contribution is 5.77. The second kappa shape index (κ2) is 4.07. The van der Waals surface area contributed by atoms with Crippen LogP contribution >= 0.6 is 0 Å². The maximum atomic E-state index is 11.4. The van der Waals surface area contributed by atoms with Gasteiger partial charge < -0.3 is 15.8 Å². The summed E-state index contributed by atoms with van der Waals surface area (Å²) in [5, 5.41) is 2.95. The van der Waals surface area contributed by atoms with Gasteiger partial charge in [-0.25, -0.2) is 0 Å². The van der Waals surface area contributed by atoms with Gasteiger partial charge in [-0.05, 0) is 19.8 Å². The van der Waals surface area contributed by atoms with E-state index in [4.69, 9.17) is 10.5 Å². The molecule has 0 heterocycles. The van der Waals surface area contributed by atoms with Crippen molar-refractivity contribution in [3.63, 3.8) is 0 Å². The average molecular weight is 186 g/mol. The lowest BCUT2D eigenvalue weighted by molar-refractivity contribution is -0.124. The third-order valence-electron chi connectivity index (χ3n) is 2.45. The van der Waals surface area contributed by atoms with E-state index in [1.54, 1.807) is 7.11 Å². The fraction of sp³-hybridized carbons (Fsp3) is 0.889. The van der Waals surface area contributed by atoms with Crippen molar-refractivity contribution in [2.75, 3.05) is 13.7 Å². The van der Waals surface area contributed by atoms with Gasteiger partial charge in [-0.2, -0.15) is 0 Å². The molecule has 0 spiro atoms. The summed E-state index contributed by atoms with van der Waals surface area (Å²) >= 11 is 0. The number of hydrogen-bond acceptors (Lipinski definition) is 3. The smallest absolute Gasteiger partial charge is 0.223 e. The monoisotopic (exact) mass is 186 g/mol. The summed E-state index contributed by atoms with van der Waals surface area (Å²) in [7, 11) is 1.57. The maximum Gasteiger partial charge on any atom is 0.223 e. The van der Waals surface area contributed by atoms with Crippen LogP contribution in [0.4, 0.5) is 0 Å². The summed E-state index contributed by atoms with van der Waals surface area (Å²) in [5.74, 6) is 0.0392. The lowest BCUT2D eigenvalue weighted by Crippen LogP contribution is -2.38. The minimum atomic E-state index is -0.151. The molecule has 0 radical (unpaired) electrons. The summed E-state index contributed by atoms with van der Waals surface area (Å²) in [6, 6.07) is 0. The zero-order chi connectivity index (χ0) is 9.90. The quantitative estimate of drug-likeness (QED) is 0.636. The molecule has 0 saturated heterocycles. The third-order valence-corrected chi connectivity index (χ3v) is 2.45. The molecule has 4 heteroatoms. The molecule has 13 heavy (non-hydrogen) atoms. The number of nitrogens with one attached hydrogen (secondary N) is 1. The number of carbonyl (C=O) groups excluding carboxylic acids is 1. The number of ether oxygens (including phenoxy) is 1. The van der Waals surface area contributed by atoms with Crippen LogP contribution in [0.25, 0.3) is 0 Å². The van der Waals surface area contributed by atoms with Crippen LogP contribution in [0.5, 0.6) is 0 Å². The zero-order valence-electron chi connectivity index (χ0n) is 8.30. The Labute approximate surface area is 78.8 Å². The fourth-order valence-corrected chi connectivity index (χ4v) is 1.17. The first-order valence-corrected chi connectivity index (χ1v) is 4.63. The molecule has 0 aliphatic heterocycles. The lowest BCUT2D eigenvalue weighted by Gasteiger charge is -2.15. The van der Waals surface area contributed by atoms with Crippen molar-refractivity contribution in [1.29, 1.82) is 0 Å². The van der Waals surface area contributed by atoms with E-state index < -0.39 is 0 Å². The first-order chi connectivity index (χ1) is 6.09.